The molecule has 0 radical (unpaired) electrons. The fourth-order valence-corrected chi connectivity index (χ4v) is 2.30. The number of carboxylic acid groups (broad SMARTS) is 1. The molecule has 1 aliphatic rings. The van der Waals surface area contributed by atoms with Gasteiger partial charge in [-0.3, -0.25) is 0 Å². The molecular weight excluding hydrogens is 192 g/mol. The molecule has 3 N–H and O–H groups in total. The van der Waals surface area contributed by atoms with E-state index in [1.54, 1.807) is 4.90 Å². The predicted octanol–water partition coefficient (Wildman–Crippen LogP) is 1.75. The molecule has 1 amide bonds. The van der Waals surface area contributed by atoms with E-state index < -0.39 is 6.09 Å². The summed E-state index contributed by atoms with van der Waals surface area (Å²) in [6, 6.07) is 0.0947. The highest BCUT2D eigenvalue weighted by Gasteiger charge is 2.38. The van der Waals surface area contributed by atoms with E-state index in [4.69, 9.17) is 10.8 Å². The summed E-state index contributed by atoms with van der Waals surface area (Å²) < 4.78 is 0. The van der Waals surface area contributed by atoms with Crippen molar-refractivity contribution in [1.29, 1.82) is 0 Å². The van der Waals surface area contributed by atoms with Crippen molar-refractivity contribution < 1.29 is 9.90 Å². The Morgan fingerprint density at radius 2 is 2.13 bits per heavy atom. The lowest BCUT2D eigenvalue weighted by Crippen LogP contribution is -2.52. The van der Waals surface area contributed by atoms with E-state index in [-0.39, 0.29) is 11.5 Å². The number of hydrogen-bond donors (Lipinski definition) is 2. The fraction of sp³-hybridized carbons (Fsp3) is 0.909. The quantitative estimate of drug-likeness (QED) is 0.698. The Balaban J connectivity index is 2.78. The van der Waals surface area contributed by atoms with Gasteiger partial charge in [0.15, 0.2) is 0 Å². The predicted molar refractivity (Wildman–Crippen MR) is 59.8 cm³/mol. The Hall–Kier alpha value is -0.770. The molecule has 1 aliphatic heterocycles. The first kappa shape index (κ1) is 12.3. The highest BCUT2D eigenvalue weighted by molar-refractivity contribution is 5.65. The lowest BCUT2D eigenvalue weighted by Gasteiger charge is -2.44. The van der Waals surface area contributed by atoms with Crippen LogP contribution in [0.25, 0.3) is 0 Å². The second kappa shape index (κ2) is 4.39. The van der Waals surface area contributed by atoms with Gasteiger partial charge in [0, 0.05) is 12.6 Å². The molecule has 4 heteroatoms. The Labute approximate surface area is 91.4 Å². The first-order valence-corrected chi connectivity index (χ1v) is 5.56. The summed E-state index contributed by atoms with van der Waals surface area (Å²) >= 11 is 0. The molecule has 88 valence electrons. The number of hydrogen-bond acceptors (Lipinski definition) is 2. The molecule has 0 spiro atoms. The number of likely N-dealkylation sites (tertiary alicyclic amines) is 1. The molecule has 2 atom stereocenters. The zero-order valence-electron chi connectivity index (χ0n) is 9.86. The van der Waals surface area contributed by atoms with E-state index >= 15 is 0 Å². The Morgan fingerprint density at radius 3 is 2.53 bits per heavy atom. The number of nitrogens with zero attached hydrogens (tertiary/aromatic N) is 1. The second-order valence-electron chi connectivity index (χ2n) is 5.48. The van der Waals surface area contributed by atoms with E-state index in [0.29, 0.717) is 19.0 Å². The van der Waals surface area contributed by atoms with Crippen LogP contribution in [0.5, 0.6) is 0 Å². The smallest absolute Gasteiger partial charge is 0.407 e. The molecule has 0 saturated carbocycles. The molecule has 0 aliphatic carbocycles. The topological polar surface area (TPSA) is 66.6 Å². The Bertz CT molecular complexity index is 235. The summed E-state index contributed by atoms with van der Waals surface area (Å²) in [5, 5.41) is 9.13. The van der Waals surface area contributed by atoms with Crippen LogP contribution in [-0.2, 0) is 0 Å². The lowest BCUT2D eigenvalue weighted by atomic mass is 9.77. The Morgan fingerprint density at radius 1 is 1.53 bits per heavy atom. The van der Waals surface area contributed by atoms with Gasteiger partial charge in [-0.15, -0.1) is 0 Å². The molecule has 0 bridgehead atoms. The van der Waals surface area contributed by atoms with Gasteiger partial charge in [-0.25, -0.2) is 4.79 Å². The average molecular weight is 214 g/mol. The molecule has 0 aromatic rings. The highest BCUT2D eigenvalue weighted by atomic mass is 16.4. The zero-order valence-corrected chi connectivity index (χ0v) is 9.86. The molecular formula is C11H22N2O2. The van der Waals surface area contributed by atoms with Crippen LogP contribution in [0, 0.1) is 11.3 Å². The maximum atomic E-state index is 11.1. The molecule has 0 aromatic heterocycles. The van der Waals surface area contributed by atoms with Gasteiger partial charge in [0.1, 0.15) is 0 Å². The van der Waals surface area contributed by atoms with Gasteiger partial charge in [-0.05, 0) is 30.7 Å². The van der Waals surface area contributed by atoms with Crippen LogP contribution in [0.15, 0.2) is 0 Å². The van der Waals surface area contributed by atoms with Crippen molar-refractivity contribution in [3.8, 4) is 0 Å². The van der Waals surface area contributed by atoms with Gasteiger partial charge in [0.05, 0.1) is 0 Å². The molecule has 1 heterocycles. The lowest BCUT2D eigenvalue weighted by molar-refractivity contribution is 0.0421. The van der Waals surface area contributed by atoms with Crippen LogP contribution >= 0.6 is 0 Å². The minimum atomic E-state index is -0.801. The molecule has 15 heavy (non-hydrogen) atoms. The van der Waals surface area contributed by atoms with Gasteiger partial charge in [0.25, 0.3) is 0 Å². The maximum Gasteiger partial charge on any atom is 0.407 e. The average Bonchev–Trinajstić information content (AvgIpc) is 2.15. The molecule has 4 nitrogen and oxygen atoms in total. The number of amides is 1. The van der Waals surface area contributed by atoms with Crippen molar-refractivity contribution in [2.24, 2.45) is 17.1 Å². The third-order valence-corrected chi connectivity index (χ3v) is 3.29. The van der Waals surface area contributed by atoms with Gasteiger partial charge < -0.3 is 15.7 Å². The van der Waals surface area contributed by atoms with E-state index in [2.05, 4.69) is 20.8 Å². The summed E-state index contributed by atoms with van der Waals surface area (Å²) in [5.41, 5.74) is 5.66. The Kier molecular flexibility index (Phi) is 3.60. The normalized spacial score (nSPS) is 27.9. The largest absolute Gasteiger partial charge is 0.465 e. The van der Waals surface area contributed by atoms with Crippen LogP contribution < -0.4 is 5.73 Å². The van der Waals surface area contributed by atoms with Gasteiger partial charge >= 0.3 is 6.09 Å². The summed E-state index contributed by atoms with van der Waals surface area (Å²) in [7, 11) is 0. The minimum Gasteiger partial charge on any atom is -0.465 e. The van der Waals surface area contributed by atoms with Gasteiger partial charge in [0.2, 0.25) is 0 Å². The van der Waals surface area contributed by atoms with Crippen LogP contribution in [0.1, 0.15) is 33.6 Å². The van der Waals surface area contributed by atoms with Crippen molar-refractivity contribution in [3.05, 3.63) is 0 Å². The highest BCUT2D eigenvalue weighted by Crippen LogP contribution is 2.34. The van der Waals surface area contributed by atoms with Crippen LogP contribution in [0.3, 0.4) is 0 Å². The second-order valence-corrected chi connectivity index (χ2v) is 5.48. The third-order valence-electron chi connectivity index (χ3n) is 3.29. The van der Waals surface area contributed by atoms with Crippen molar-refractivity contribution in [3.63, 3.8) is 0 Å². The first-order valence-electron chi connectivity index (χ1n) is 5.56. The third kappa shape index (κ3) is 2.84. The maximum absolute atomic E-state index is 11.1. The zero-order chi connectivity index (χ0) is 11.6. The summed E-state index contributed by atoms with van der Waals surface area (Å²) in [5.74, 6) is 0.477. The van der Waals surface area contributed by atoms with Crippen LogP contribution in [0.2, 0.25) is 0 Å². The standard InChI is InChI=1S/C11H22N2O2/c1-11(2,3)9-6-8(7-12)4-5-13(9)10(14)15/h8-9H,4-7,12H2,1-3H3,(H,14,15). The molecule has 1 fully saturated rings. The number of rotatable bonds is 1. The van der Waals surface area contributed by atoms with E-state index in [9.17, 15) is 4.79 Å². The van der Waals surface area contributed by atoms with Gasteiger partial charge in [-0.1, -0.05) is 20.8 Å². The van der Waals surface area contributed by atoms with Gasteiger partial charge in [-0.2, -0.15) is 0 Å². The molecule has 2 unspecified atom stereocenters. The first-order chi connectivity index (χ1) is 6.86. The number of nitrogens with two attached hydrogens (primary N) is 1. The minimum absolute atomic E-state index is 0.00771. The fourth-order valence-electron chi connectivity index (χ4n) is 2.30. The molecule has 1 saturated heterocycles. The van der Waals surface area contributed by atoms with E-state index in [1.165, 1.54) is 0 Å². The van der Waals surface area contributed by atoms with Crippen molar-refractivity contribution in [2.75, 3.05) is 13.1 Å². The monoisotopic (exact) mass is 214 g/mol. The van der Waals surface area contributed by atoms with Crippen LogP contribution in [0.4, 0.5) is 4.79 Å². The van der Waals surface area contributed by atoms with Crippen molar-refractivity contribution >= 4 is 6.09 Å². The van der Waals surface area contributed by atoms with E-state index in [0.717, 1.165) is 12.8 Å². The summed E-state index contributed by atoms with van der Waals surface area (Å²) in [6.07, 6.45) is 0.993. The molecule has 1 rings (SSSR count). The number of carbonyl (C=O) groups is 1. The molecule has 0 aromatic carbocycles. The SMILES string of the molecule is CC(C)(C)C1CC(CN)CCN1C(=O)O. The van der Waals surface area contributed by atoms with Crippen molar-refractivity contribution in [2.45, 2.75) is 39.7 Å². The number of piperidine rings is 1. The van der Waals surface area contributed by atoms with E-state index in [1.807, 2.05) is 0 Å². The van der Waals surface area contributed by atoms with Crippen LogP contribution in [-0.4, -0.2) is 35.2 Å². The summed E-state index contributed by atoms with van der Waals surface area (Å²) in [6.45, 7) is 7.56. The van der Waals surface area contributed by atoms with Crippen molar-refractivity contribution in [1.82, 2.24) is 4.90 Å². The summed E-state index contributed by atoms with van der Waals surface area (Å²) in [4.78, 5) is 12.7.